The number of aromatic nitrogens is 1. The minimum absolute atomic E-state index is 0.180. The summed E-state index contributed by atoms with van der Waals surface area (Å²) in [4.78, 5) is 4.39. The molecule has 0 aliphatic heterocycles. The van der Waals surface area contributed by atoms with Gasteiger partial charge in [-0.2, -0.15) is 0 Å². The summed E-state index contributed by atoms with van der Waals surface area (Å²) in [7, 11) is 0. The Kier molecular flexibility index (Phi) is 5.69. The van der Waals surface area contributed by atoms with Gasteiger partial charge in [-0.1, -0.05) is 32.6 Å². The lowest BCUT2D eigenvalue weighted by Gasteiger charge is -2.26. The van der Waals surface area contributed by atoms with Crippen LogP contribution in [-0.2, 0) is 0 Å². The number of nitrogens with zero attached hydrogens (tertiary/aromatic N) is 1. The summed E-state index contributed by atoms with van der Waals surface area (Å²) in [6.07, 6.45) is 8.81. The molecule has 0 saturated heterocycles. The van der Waals surface area contributed by atoms with Crippen molar-refractivity contribution in [1.82, 2.24) is 4.98 Å². The summed E-state index contributed by atoms with van der Waals surface area (Å²) >= 11 is 0. The summed E-state index contributed by atoms with van der Waals surface area (Å²) in [5, 5.41) is 3.44. The molecule has 0 spiro atoms. The molecule has 0 bridgehead atoms. The van der Waals surface area contributed by atoms with Crippen molar-refractivity contribution >= 4 is 5.82 Å². The largest absolute Gasteiger partial charge is 0.487 e. The van der Waals surface area contributed by atoms with Crippen LogP contribution in [0.25, 0.3) is 0 Å². The van der Waals surface area contributed by atoms with Crippen molar-refractivity contribution < 1.29 is 4.74 Å². The Morgan fingerprint density at radius 2 is 2.05 bits per heavy atom. The topological polar surface area (TPSA) is 34.2 Å². The predicted octanol–water partition coefficient (Wildman–Crippen LogP) is 4.50. The molecule has 112 valence electrons. The minimum Gasteiger partial charge on any atom is -0.487 e. The second-order valence-electron chi connectivity index (χ2n) is 6.36. The van der Waals surface area contributed by atoms with Crippen LogP contribution in [0.3, 0.4) is 0 Å². The van der Waals surface area contributed by atoms with Crippen LogP contribution in [0.4, 0.5) is 5.82 Å². The summed E-state index contributed by atoms with van der Waals surface area (Å²) in [5.74, 6) is 3.56. The van der Waals surface area contributed by atoms with Crippen LogP contribution in [0, 0.1) is 11.8 Å². The van der Waals surface area contributed by atoms with Gasteiger partial charge in [0.15, 0.2) is 11.6 Å². The van der Waals surface area contributed by atoms with Gasteiger partial charge in [0.1, 0.15) is 0 Å². The Balaban J connectivity index is 1.79. The molecule has 3 heteroatoms. The third kappa shape index (κ3) is 4.69. The van der Waals surface area contributed by atoms with E-state index in [-0.39, 0.29) is 6.10 Å². The molecule has 2 rings (SSSR count). The molecule has 0 amide bonds. The second kappa shape index (κ2) is 7.51. The van der Waals surface area contributed by atoms with E-state index in [1.165, 1.54) is 32.1 Å². The zero-order chi connectivity index (χ0) is 14.4. The van der Waals surface area contributed by atoms with E-state index in [0.717, 1.165) is 29.9 Å². The van der Waals surface area contributed by atoms with Gasteiger partial charge < -0.3 is 10.1 Å². The van der Waals surface area contributed by atoms with Crippen molar-refractivity contribution in [2.24, 2.45) is 11.8 Å². The molecule has 1 N–H and O–H groups in total. The van der Waals surface area contributed by atoms with Crippen LogP contribution in [0.5, 0.6) is 5.75 Å². The van der Waals surface area contributed by atoms with E-state index in [1.807, 2.05) is 32.2 Å². The van der Waals surface area contributed by atoms with Crippen LogP contribution in [0.1, 0.15) is 52.9 Å². The lowest BCUT2D eigenvalue weighted by Crippen LogP contribution is -2.16. The van der Waals surface area contributed by atoms with Crippen LogP contribution >= 0.6 is 0 Å². The highest BCUT2D eigenvalue weighted by molar-refractivity contribution is 5.49. The molecular weight excluding hydrogens is 248 g/mol. The fourth-order valence-electron chi connectivity index (χ4n) is 2.88. The number of pyridine rings is 1. The van der Waals surface area contributed by atoms with Crippen molar-refractivity contribution in [1.29, 1.82) is 0 Å². The zero-order valence-electron chi connectivity index (χ0n) is 13.1. The van der Waals surface area contributed by atoms with Crippen molar-refractivity contribution in [3.8, 4) is 5.75 Å². The Bertz CT molecular complexity index is 398. The Hall–Kier alpha value is -1.25. The van der Waals surface area contributed by atoms with Crippen molar-refractivity contribution in [3.63, 3.8) is 0 Å². The van der Waals surface area contributed by atoms with E-state index in [9.17, 15) is 0 Å². The Morgan fingerprint density at radius 1 is 1.30 bits per heavy atom. The molecule has 1 heterocycles. The lowest BCUT2D eigenvalue weighted by atomic mass is 9.81. The lowest BCUT2D eigenvalue weighted by molar-refractivity contribution is 0.242. The summed E-state index contributed by atoms with van der Waals surface area (Å²) in [5.41, 5.74) is 0. The van der Waals surface area contributed by atoms with Gasteiger partial charge >= 0.3 is 0 Å². The Labute approximate surface area is 123 Å². The summed E-state index contributed by atoms with van der Waals surface area (Å²) in [6.45, 7) is 7.45. The molecule has 0 atom stereocenters. The third-order valence-corrected chi connectivity index (χ3v) is 4.11. The van der Waals surface area contributed by atoms with Crippen LogP contribution in [-0.4, -0.2) is 17.6 Å². The van der Waals surface area contributed by atoms with E-state index < -0.39 is 0 Å². The predicted molar refractivity (Wildman–Crippen MR) is 84.2 cm³/mol. The first-order valence-corrected chi connectivity index (χ1v) is 8.00. The molecule has 0 unspecified atom stereocenters. The smallest absolute Gasteiger partial charge is 0.168 e. The average molecular weight is 276 g/mol. The van der Waals surface area contributed by atoms with Gasteiger partial charge in [0.2, 0.25) is 0 Å². The highest BCUT2D eigenvalue weighted by atomic mass is 16.5. The molecule has 20 heavy (non-hydrogen) atoms. The summed E-state index contributed by atoms with van der Waals surface area (Å²) in [6, 6.07) is 3.91. The average Bonchev–Trinajstić information content (AvgIpc) is 2.42. The van der Waals surface area contributed by atoms with Crippen LogP contribution in [0.15, 0.2) is 18.3 Å². The number of hydrogen-bond donors (Lipinski definition) is 1. The quantitative estimate of drug-likeness (QED) is 0.830. The summed E-state index contributed by atoms with van der Waals surface area (Å²) < 4.78 is 5.78. The molecular formula is C17H28N2O. The van der Waals surface area contributed by atoms with Crippen LogP contribution in [0.2, 0.25) is 0 Å². The molecule has 0 radical (unpaired) electrons. The molecule has 1 aromatic heterocycles. The number of hydrogen-bond acceptors (Lipinski definition) is 3. The van der Waals surface area contributed by atoms with Gasteiger partial charge in [-0.15, -0.1) is 0 Å². The fourth-order valence-corrected chi connectivity index (χ4v) is 2.88. The van der Waals surface area contributed by atoms with Crippen LogP contribution < -0.4 is 10.1 Å². The van der Waals surface area contributed by atoms with E-state index >= 15 is 0 Å². The monoisotopic (exact) mass is 276 g/mol. The fraction of sp³-hybridized carbons (Fsp3) is 0.706. The number of anilines is 1. The van der Waals surface area contributed by atoms with Crippen molar-refractivity contribution in [2.45, 2.75) is 59.0 Å². The van der Waals surface area contributed by atoms with Gasteiger partial charge in [-0.25, -0.2) is 4.98 Å². The zero-order valence-corrected chi connectivity index (χ0v) is 13.1. The molecule has 1 fully saturated rings. The second-order valence-corrected chi connectivity index (χ2v) is 6.36. The molecule has 1 saturated carbocycles. The molecule has 1 aliphatic carbocycles. The van der Waals surface area contributed by atoms with Gasteiger partial charge in [0, 0.05) is 12.7 Å². The van der Waals surface area contributed by atoms with Gasteiger partial charge in [0.05, 0.1) is 6.10 Å². The van der Waals surface area contributed by atoms with Gasteiger partial charge in [-0.05, 0) is 44.2 Å². The van der Waals surface area contributed by atoms with Crippen molar-refractivity contribution in [2.75, 3.05) is 11.9 Å². The highest BCUT2D eigenvalue weighted by Gasteiger charge is 2.17. The first-order chi connectivity index (χ1) is 9.65. The van der Waals surface area contributed by atoms with Gasteiger partial charge in [-0.3, -0.25) is 0 Å². The normalized spacial score (nSPS) is 22.8. The molecule has 3 nitrogen and oxygen atoms in total. The first kappa shape index (κ1) is 15.1. The standard InChI is InChI=1S/C17H28N2O/c1-13(2)20-16-5-4-11-18-17(16)19-12-10-15-8-6-14(3)7-9-15/h4-5,11,13-15H,6-10,12H2,1-3H3,(H,18,19). The molecule has 1 aromatic rings. The molecule has 0 aromatic carbocycles. The third-order valence-electron chi connectivity index (χ3n) is 4.11. The van der Waals surface area contributed by atoms with E-state index in [0.29, 0.717) is 0 Å². The number of nitrogens with one attached hydrogen (secondary N) is 1. The van der Waals surface area contributed by atoms with Crippen molar-refractivity contribution in [3.05, 3.63) is 18.3 Å². The van der Waals surface area contributed by atoms with E-state index in [2.05, 4.69) is 17.2 Å². The minimum atomic E-state index is 0.180. The highest BCUT2D eigenvalue weighted by Crippen LogP contribution is 2.30. The SMILES string of the molecule is CC1CCC(CCNc2ncccc2OC(C)C)CC1. The van der Waals surface area contributed by atoms with E-state index in [4.69, 9.17) is 4.74 Å². The van der Waals surface area contributed by atoms with Gasteiger partial charge in [0.25, 0.3) is 0 Å². The van der Waals surface area contributed by atoms with E-state index in [1.54, 1.807) is 0 Å². The maximum atomic E-state index is 5.78. The maximum absolute atomic E-state index is 5.78. The first-order valence-electron chi connectivity index (χ1n) is 8.00. The molecule has 1 aliphatic rings. The Morgan fingerprint density at radius 3 is 2.75 bits per heavy atom. The number of rotatable bonds is 6. The maximum Gasteiger partial charge on any atom is 0.168 e. The number of ether oxygens (including phenoxy) is 1.